The molecule has 62 valence electrons. The normalized spacial score (nSPS) is 13.5. The summed E-state index contributed by atoms with van der Waals surface area (Å²) in [6, 6.07) is 0. The fraction of sp³-hybridized carbons (Fsp3) is 1.00. The molecular weight excluding hydrogens is 126 g/mol. The summed E-state index contributed by atoms with van der Waals surface area (Å²) in [6.07, 6.45) is 5.11. The van der Waals surface area contributed by atoms with Gasteiger partial charge in [0.1, 0.15) is 0 Å². The van der Waals surface area contributed by atoms with Gasteiger partial charge in [0.05, 0.1) is 0 Å². The molecule has 0 heterocycles. The Balaban J connectivity index is 2.97. The van der Waals surface area contributed by atoms with Crippen molar-refractivity contribution in [2.45, 2.75) is 39.5 Å². The lowest BCUT2D eigenvalue weighted by Gasteiger charge is -2.07. The Kier molecular flexibility index (Phi) is 6.98. The lowest BCUT2D eigenvalue weighted by molar-refractivity contribution is 0.149. The van der Waals surface area contributed by atoms with Crippen LogP contribution in [0.15, 0.2) is 0 Å². The fourth-order valence-electron chi connectivity index (χ4n) is 1.00. The van der Waals surface area contributed by atoms with Gasteiger partial charge in [0.15, 0.2) is 0 Å². The van der Waals surface area contributed by atoms with Crippen LogP contribution in [-0.2, 0) is 0 Å². The SMILES string of the molecule is CCCCCC(C)CNO. The van der Waals surface area contributed by atoms with Crippen LogP contribution in [0.5, 0.6) is 0 Å². The van der Waals surface area contributed by atoms with Crippen molar-refractivity contribution >= 4 is 0 Å². The van der Waals surface area contributed by atoms with Crippen molar-refractivity contribution in [3.05, 3.63) is 0 Å². The van der Waals surface area contributed by atoms with Crippen molar-refractivity contribution in [3.8, 4) is 0 Å². The number of hydrogen-bond acceptors (Lipinski definition) is 2. The smallest absolute Gasteiger partial charge is 0.0233 e. The minimum Gasteiger partial charge on any atom is -0.317 e. The molecule has 0 amide bonds. The molecule has 0 aromatic rings. The largest absolute Gasteiger partial charge is 0.317 e. The molecule has 0 aliphatic carbocycles. The molecule has 0 saturated heterocycles. The van der Waals surface area contributed by atoms with Crippen LogP contribution >= 0.6 is 0 Å². The van der Waals surface area contributed by atoms with Gasteiger partial charge < -0.3 is 5.21 Å². The molecule has 0 bridgehead atoms. The molecule has 0 rings (SSSR count). The van der Waals surface area contributed by atoms with Crippen molar-refractivity contribution in [2.24, 2.45) is 5.92 Å². The van der Waals surface area contributed by atoms with Gasteiger partial charge in [-0.2, -0.15) is 0 Å². The van der Waals surface area contributed by atoms with Crippen molar-refractivity contribution in [2.75, 3.05) is 6.54 Å². The lowest BCUT2D eigenvalue weighted by Crippen LogP contribution is -2.16. The maximum absolute atomic E-state index is 8.34. The van der Waals surface area contributed by atoms with Gasteiger partial charge in [-0.3, -0.25) is 0 Å². The molecule has 1 unspecified atom stereocenters. The van der Waals surface area contributed by atoms with E-state index in [1.165, 1.54) is 25.7 Å². The Morgan fingerprint density at radius 3 is 2.60 bits per heavy atom. The summed E-state index contributed by atoms with van der Waals surface area (Å²) in [4.78, 5) is 0. The zero-order valence-corrected chi connectivity index (χ0v) is 7.06. The van der Waals surface area contributed by atoms with E-state index in [-0.39, 0.29) is 0 Å². The molecule has 1 atom stereocenters. The average Bonchev–Trinajstić information content (AvgIpc) is 1.89. The third-order valence-corrected chi connectivity index (χ3v) is 1.74. The molecule has 0 aliphatic rings. The van der Waals surface area contributed by atoms with Crippen LogP contribution < -0.4 is 5.48 Å². The van der Waals surface area contributed by atoms with E-state index < -0.39 is 0 Å². The minimum absolute atomic E-state index is 0.608. The zero-order valence-electron chi connectivity index (χ0n) is 7.06. The van der Waals surface area contributed by atoms with Crippen LogP contribution in [0.2, 0.25) is 0 Å². The summed E-state index contributed by atoms with van der Waals surface area (Å²) in [7, 11) is 0. The topological polar surface area (TPSA) is 32.3 Å². The first-order valence-corrected chi connectivity index (χ1v) is 4.18. The minimum atomic E-state index is 0.608. The standard InChI is InChI=1S/C8H19NO/c1-3-4-5-6-8(2)7-9-10/h8-10H,3-7H2,1-2H3. The van der Waals surface area contributed by atoms with Gasteiger partial charge in [-0.25, -0.2) is 5.48 Å². The van der Waals surface area contributed by atoms with Gasteiger partial charge >= 0.3 is 0 Å². The number of unbranched alkanes of at least 4 members (excludes halogenated alkanes) is 2. The van der Waals surface area contributed by atoms with E-state index in [0.29, 0.717) is 5.92 Å². The number of hydrogen-bond donors (Lipinski definition) is 2. The summed E-state index contributed by atoms with van der Waals surface area (Å²) in [6.45, 7) is 5.08. The van der Waals surface area contributed by atoms with E-state index in [4.69, 9.17) is 5.21 Å². The number of hydroxylamine groups is 1. The maximum atomic E-state index is 8.34. The second kappa shape index (κ2) is 7.03. The van der Waals surface area contributed by atoms with Gasteiger partial charge in [-0.15, -0.1) is 0 Å². The van der Waals surface area contributed by atoms with Crippen LogP contribution in [0.4, 0.5) is 0 Å². The summed E-state index contributed by atoms with van der Waals surface area (Å²) in [5.41, 5.74) is 2.19. The highest BCUT2D eigenvalue weighted by Crippen LogP contribution is 2.07. The Bertz CT molecular complexity index is 66.3. The second-order valence-corrected chi connectivity index (χ2v) is 2.96. The van der Waals surface area contributed by atoms with Gasteiger partial charge in [0.25, 0.3) is 0 Å². The molecule has 0 spiro atoms. The average molecular weight is 145 g/mol. The third-order valence-electron chi connectivity index (χ3n) is 1.74. The van der Waals surface area contributed by atoms with E-state index in [0.717, 1.165) is 6.54 Å². The Morgan fingerprint density at radius 1 is 1.40 bits per heavy atom. The van der Waals surface area contributed by atoms with Crippen LogP contribution in [0.1, 0.15) is 39.5 Å². The predicted molar refractivity (Wildman–Crippen MR) is 43.1 cm³/mol. The van der Waals surface area contributed by atoms with E-state index in [9.17, 15) is 0 Å². The van der Waals surface area contributed by atoms with Crippen LogP contribution in [-0.4, -0.2) is 11.8 Å². The number of nitrogens with one attached hydrogen (secondary N) is 1. The molecule has 0 aliphatic heterocycles. The van der Waals surface area contributed by atoms with E-state index in [1.807, 2.05) is 0 Å². The van der Waals surface area contributed by atoms with Crippen molar-refractivity contribution in [3.63, 3.8) is 0 Å². The number of rotatable bonds is 6. The molecule has 0 fully saturated rings. The van der Waals surface area contributed by atoms with E-state index in [1.54, 1.807) is 0 Å². The predicted octanol–water partition coefficient (Wildman–Crippen LogP) is 2.18. The Labute approximate surface area is 63.6 Å². The van der Waals surface area contributed by atoms with E-state index >= 15 is 0 Å². The summed E-state index contributed by atoms with van der Waals surface area (Å²) in [5.74, 6) is 0.608. The van der Waals surface area contributed by atoms with Crippen molar-refractivity contribution in [1.82, 2.24) is 5.48 Å². The quantitative estimate of drug-likeness (QED) is 0.443. The van der Waals surface area contributed by atoms with Crippen molar-refractivity contribution < 1.29 is 5.21 Å². The van der Waals surface area contributed by atoms with E-state index in [2.05, 4.69) is 19.3 Å². The molecule has 10 heavy (non-hydrogen) atoms. The fourth-order valence-corrected chi connectivity index (χ4v) is 1.00. The molecule has 2 heteroatoms. The maximum Gasteiger partial charge on any atom is 0.0233 e. The first-order valence-electron chi connectivity index (χ1n) is 4.18. The summed E-state index contributed by atoms with van der Waals surface area (Å²) in [5, 5.41) is 8.34. The first kappa shape index (κ1) is 9.92. The van der Waals surface area contributed by atoms with Crippen LogP contribution in [0, 0.1) is 5.92 Å². The molecule has 2 N–H and O–H groups in total. The summed E-state index contributed by atoms with van der Waals surface area (Å²) < 4.78 is 0. The molecule has 2 nitrogen and oxygen atoms in total. The Hall–Kier alpha value is -0.0800. The molecular formula is C8H19NO. The molecule has 0 radical (unpaired) electrons. The first-order chi connectivity index (χ1) is 4.81. The van der Waals surface area contributed by atoms with Gasteiger partial charge in [-0.1, -0.05) is 33.1 Å². The third kappa shape index (κ3) is 6.05. The van der Waals surface area contributed by atoms with Gasteiger partial charge in [0, 0.05) is 6.54 Å². The highest BCUT2D eigenvalue weighted by Gasteiger charge is 1.98. The second-order valence-electron chi connectivity index (χ2n) is 2.96. The molecule has 0 aromatic heterocycles. The molecule has 0 aromatic carbocycles. The highest BCUT2D eigenvalue weighted by atomic mass is 16.5. The van der Waals surface area contributed by atoms with Gasteiger partial charge in [0.2, 0.25) is 0 Å². The lowest BCUT2D eigenvalue weighted by atomic mass is 10.0. The van der Waals surface area contributed by atoms with Crippen molar-refractivity contribution in [1.29, 1.82) is 0 Å². The zero-order chi connectivity index (χ0) is 7.82. The van der Waals surface area contributed by atoms with Crippen LogP contribution in [0.3, 0.4) is 0 Å². The van der Waals surface area contributed by atoms with Gasteiger partial charge in [-0.05, 0) is 12.3 Å². The monoisotopic (exact) mass is 145 g/mol. The Morgan fingerprint density at radius 2 is 2.10 bits per heavy atom. The summed E-state index contributed by atoms with van der Waals surface area (Å²) >= 11 is 0. The van der Waals surface area contributed by atoms with Crippen LogP contribution in [0.25, 0.3) is 0 Å². The molecule has 0 saturated carbocycles. The highest BCUT2D eigenvalue weighted by molar-refractivity contribution is 4.52.